The molecule has 6 heteroatoms. The van der Waals surface area contributed by atoms with Gasteiger partial charge in [0.05, 0.1) is 25.5 Å². The van der Waals surface area contributed by atoms with Crippen LogP contribution in [0.2, 0.25) is 0 Å². The van der Waals surface area contributed by atoms with Crippen molar-refractivity contribution in [1.82, 2.24) is 15.4 Å². The second-order valence-corrected chi connectivity index (χ2v) is 4.50. The smallest absolute Gasteiger partial charge is 0.216 e. The Bertz CT molecular complexity index is 560. The van der Waals surface area contributed by atoms with Gasteiger partial charge in [-0.15, -0.1) is 0 Å². The maximum absolute atomic E-state index is 5.66. The lowest BCUT2D eigenvalue weighted by atomic mass is 10.0. The fourth-order valence-electron chi connectivity index (χ4n) is 1.95. The number of rotatable bonds is 7. The third-order valence-electron chi connectivity index (χ3n) is 3.02. The molecular formula is C15H20N4O2. The molecule has 0 fully saturated rings. The Morgan fingerprint density at radius 2 is 2.00 bits per heavy atom. The van der Waals surface area contributed by atoms with Gasteiger partial charge >= 0.3 is 0 Å². The molecular weight excluding hydrogens is 268 g/mol. The summed E-state index contributed by atoms with van der Waals surface area (Å²) in [6.45, 7) is 2.78. The first-order valence-corrected chi connectivity index (χ1v) is 6.83. The molecule has 0 spiro atoms. The molecule has 0 saturated carbocycles. The number of methoxy groups -OCH3 is 1. The predicted octanol–water partition coefficient (Wildman–Crippen LogP) is 1.83. The molecule has 3 N–H and O–H groups in total. The summed E-state index contributed by atoms with van der Waals surface area (Å²) in [6, 6.07) is 9.30. The predicted molar refractivity (Wildman–Crippen MR) is 80.0 cm³/mol. The summed E-state index contributed by atoms with van der Waals surface area (Å²) < 4.78 is 10.7. The number of hydrogen-bond acceptors (Lipinski definition) is 6. The van der Waals surface area contributed by atoms with E-state index in [1.54, 1.807) is 13.2 Å². The van der Waals surface area contributed by atoms with Crippen molar-refractivity contribution in [3.05, 3.63) is 47.9 Å². The molecule has 1 heterocycles. The largest absolute Gasteiger partial charge is 0.494 e. The van der Waals surface area contributed by atoms with Gasteiger partial charge in [0, 0.05) is 6.07 Å². The van der Waals surface area contributed by atoms with Gasteiger partial charge in [0.2, 0.25) is 5.88 Å². The van der Waals surface area contributed by atoms with Gasteiger partial charge in [0.25, 0.3) is 0 Å². The van der Waals surface area contributed by atoms with Gasteiger partial charge in [-0.05, 0) is 24.1 Å². The summed E-state index contributed by atoms with van der Waals surface area (Å²) in [5.74, 6) is 7.01. The molecule has 6 nitrogen and oxygen atoms in total. The molecule has 1 unspecified atom stereocenters. The van der Waals surface area contributed by atoms with E-state index < -0.39 is 0 Å². The molecule has 0 bridgehead atoms. The third kappa shape index (κ3) is 3.90. The topological polar surface area (TPSA) is 82.3 Å². The Labute approximate surface area is 124 Å². The van der Waals surface area contributed by atoms with E-state index in [0.29, 0.717) is 12.5 Å². The van der Waals surface area contributed by atoms with Crippen LogP contribution in [0.1, 0.15) is 30.6 Å². The minimum absolute atomic E-state index is 0.234. The van der Waals surface area contributed by atoms with E-state index in [9.17, 15) is 0 Å². The highest BCUT2D eigenvalue weighted by atomic mass is 16.5. The summed E-state index contributed by atoms with van der Waals surface area (Å²) >= 11 is 0. The molecule has 0 radical (unpaired) electrons. The molecule has 0 aliphatic rings. The number of nitrogens with zero attached hydrogens (tertiary/aromatic N) is 2. The highest BCUT2D eigenvalue weighted by Crippen LogP contribution is 2.23. The van der Waals surface area contributed by atoms with E-state index in [4.69, 9.17) is 15.3 Å². The molecule has 0 saturated heterocycles. The average Bonchev–Trinajstić information content (AvgIpc) is 2.55. The van der Waals surface area contributed by atoms with E-state index in [-0.39, 0.29) is 6.04 Å². The number of hydrazine groups is 1. The minimum Gasteiger partial charge on any atom is -0.494 e. The maximum Gasteiger partial charge on any atom is 0.216 e. The van der Waals surface area contributed by atoms with Crippen LogP contribution in [0.4, 0.5) is 0 Å². The Morgan fingerprint density at radius 3 is 2.62 bits per heavy atom. The van der Waals surface area contributed by atoms with Crippen LogP contribution < -0.4 is 20.7 Å². The number of hydrogen-bond donors (Lipinski definition) is 2. The normalized spacial score (nSPS) is 12.0. The zero-order valence-corrected chi connectivity index (χ0v) is 12.2. The molecule has 112 valence electrons. The van der Waals surface area contributed by atoms with Crippen molar-refractivity contribution in [3.8, 4) is 11.6 Å². The van der Waals surface area contributed by atoms with Gasteiger partial charge in [-0.25, -0.2) is 15.4 Å². The monoisotopic (exact) mass is 288 g/mol. The lowest BCUT2D eigenvalue weighted by Gasteiger charge is -2.16. The number of nitrogens with two attached hydrogens (primary N) is 1. The van der Waals surface area contributed by atoms with Crippen molar-refractivity contribution in [1.29, 1.82) is 0 Å². The van der Waals surface area contributed by atoms with Crippen molar-refractivity contribution >= 4 is 0 Å². The van der Waals surface area contributed by atoms with Crippen LogP contribution in [0.25, 0.3) is 0 Å². The Hall–Kier alpha value is -2.18. The highest BCUT2D eigenvalue weighted by molar-refractivity contribution is 5.34. The van der Waals surface area contributed by atoms with Gasteiger partial charge in [-0.1, -0.05) is 19.1 Å². The van der Waals surface area contributed by atoms with Crippen LogP contribution in [-0.4, -0.2) is 23.7 Å². The maximum atomic E-state index is 5.66. The van der Waals surface area contributed by atoms with Crippen LogP contribution >= 0.6 is 0 Å². The number of aromatic nitrogens is 2. The fourth-order valence-corrected chi connectivity index (χ4v) is 1.95. The molecule has 21 heavy (non-hydrogen) atoms. The van der Waals surface area contributed by atoms with Crippen molar-refractivity contribution in [2.24, 2.45) is 5.84 Å². The van der Waals surface area contributed by atoms with E-state index in [2.05, 4.69) is 22.3 Å². The van der Waals surface area contributed by atoms with Gasteiger partial charge < -0.3 is 9.47 Å². The first-order valence-electron chi connectivity index (χ1n) is 6.83. The Morgan fingerprint density at radius 1 is 1.24 bits per heavy atom. The minimum atomic E-state index is -0.234. The first-order chi connectivity index (χ1) is 10.3. The van der Waals surface area contributed by atoms with Crippen LogP contribution in [0.15, 0.2) is 36.7 Å². The molecule has 2 aromatic rings. The van der Waals surface area contributed by atoms with E-state index in [1.807, 2.05) is 24.3 Å². The molecule has 2 rings (SSSR count). The molecule has 0 amide bonds. The Kier molecular flexibility index (Phi) is 5.48. The highest BCUT2D eigenvalue weighted by Gasteiger charge is 2.15. The van der Waals surface area contributed by atoms with Crippen LogP contribution in [0.5, 0.6) is 11.6 Å². The fraction of sp³-hybridized carbons (Fsp3) is 0.333. The van der Waals surface area contributed by atoms with Crippen molar-refractivity contribution in [3.63, 3.8) is 0 Å². The third-order valence-corrected chi connectivity index (χ3v) is 3.02. The van der Waals surface area contributed by atoms with Crippen LogP contribution in [0.3, 0.4) is 0 Å². The van der Waals surface area contributed by atoms with Crippen molar-refractivity contribution in [2.45, 2.75) is 19.4 Å². The van der Waals surface area contributed by atoms with Gasteiger partial charge in [0.15, 0.2) is 0 Å². The summed E-state index contributed by atoms with van der Waals surface area (Å²) in [5.41, 5.74) is 4.49. The summed E-state index contributed by atoms with van der Waals surface area (Å²) in [5, 5.41) is 0. The van der Waals surface area contributed by atoms with E-state index in [1.165, 1.54) is 6.33 Å². The van der Waals surface area contributed by atoms with Gasteiger partial charge in [0.1, 0.15) is 12.1 Å². The van der Waals surface area contributed by atoms with Crippen LogP contribution in [0, 0.1) is 0 Å². The van der Waals surface area contributed by atoms with Crippen molar-refractivity contribution < 1.29 is 9.47 Å². The molecule has 1 aromatic carbocycles. The number of nitrogens with one attached hydrogen (secondary N) is 1. The van der Waals surface area contributed by atoms with E-state index in [0.717, 1.165) is 23.4 Å². The molecule has 1 aromatic heterocycles. The number of benzene rings is 1. The van der Waals surface area contributed by atoms with E-state index >= 15 is 0 Å². The molecule has 0 aliphatic heterocycles. The summed E-state index contributed by atoms with van der Waals surface area (Å²) in [7, 11) is 1.57. The van der Waals surface area contributed by atoms with Gasteiger partial charge in [-0.2, -0.15) is 0 Å². The second kappa shape index (κ2) is 7.56. The lowest BCUT2D eigenvalue weighted by Crippen LogP contribution is -2.29. The van der Waals surface area contributed by atoms with Crippen LogP contribution in [-0.2, 0) is 0 Å². The lowest BCUT2D eigenvalue weighted by molar-refractivity contribution is 0.317. The van der Waals surface area contributed by atoms with Crippen molar-refractivity contribution in [2.75, 3.05) is 13.7 Å². The summed E-state index contributed by atoms with van der Waals surface area (Å²) in [4.78, 5) is 8.24. The first kappa shape index (κ1) is 15.2. The summed E-state index contributed by atoms with van der Waals surface area (Å²) in [6.07, 6.45) is 2.44. The SMILES string of the molecule is CCCOc1ccc(C(NN)c2cc(OC)ncn2)cc1. The zero-order valence-electron chi connectivity index (χ0n) is 12.2. The number of ether oxygens (including phenoxy) is 2. The zero-order chi connectivity index (χ0) is 15.1. The second-order valence-electron chi connectivity index (χ2n) is 4.50. The van der Waals surface area contributed by atoms with Gasteiger partial charge in [-0.3, -0.25) is 5.84 Å². The standard InChI is InChI=1S/C15H20N4O2/c1-3-8-21-12-6-4-11(5-7-12)15(19-16)13-9-14(20-2)18-10-17-13/h4-7,9-10,15,19H,3,8,16H2,1-2H3. The Balaban J connectivity index is 2.20. The average molecular weight is 288 g/mol. The quantitative estimate of drug-likeness (QED) is 0.597. The molecule has 0 aliphatic carbocycles. The molecule has 1 atom stereocenters.